The predicted octanol–water partition coefficient (Wildman–Crippen LogP) is 1.76. The van der Waals surface area contributed by atoms with Gasteiger partial charge in [0.25, 0.3) is 5.91 Å². The molecule has 9 heteroatoms. The summed E-state index contributed by atoms with van der Waals surface area (Å²) in [5.41, 5.74) is 1.02. The van der Waals surface area contributed by atoms with Crippen LogP contribution in [0.15, 0.2) is 48.9 Å². The second-order valence-electron chi connectivity index (χ2n) is 8.47. The number of carbonyl (C=O) groups excluding carboxylic acids is 2. The largest absolute Gasteiger partial charge is 0.353 e. The van der Waals surface area contributed by atoms with Gasteiger partial charge in [-0.3, -0.25) is 9.59 Å². The van der Waals surface area contributed by atoms with Gasteiger partial charge in [0.1, 0.15) is 5.82 Å². The Hall–Kier alpha value is -3.49. The van der Waals surface area contributed by atoms with Gasteiger partial charge >= 0.3 is 0 Å². The molecule has 3 aromatic heterocycles. The molecule has 166 valence electrons. The van der Waals surface area contributed by atoms with Crippen molar-refractivity contribution in [3.8, 4) is 0 Å². The third-order valence-electron chi connectivity index (χ3n) is 6.45. The van der Waals surface area contributed by atoms with Gasteiger partial charge in [0.05, 0.1) is 0 Å². The molecule has 2 fully saturated rings. The van der Waals surface area contributed by atoms with Crippen molar-refractivity contribution >= 4 is 23.3 Å². The third kappa shape index (κ3) is 4.28. The summed E-state index contributed by atoms with van der Waals surface area (Å²) in [4.78, 5) is 38.4. The molecule has 3 aromatic rings. The zero-order chi connectivity index (χ0) is 21.9. The number of amides is 2. The molecule has 0 aromatic carbocycles. The van der Waals surface area contributed by atoms with E-state index < -0.39 is 0 Å². The fourth-order valence-corrected chi connectivity index (χ4v) is 4.64. The summed E-state index contributed by atoms with van der Waals surface area (Å²) < 4.78 is 1.60. The number of carbonyl (C=O) groups is 2. The average Bonchev–Trinajstić information content (AvgIpc) is 3.29. The number of anilines is 1. The van der Waals surface area contributed by atoms with Crippen molar-refractivity contribution in [2.45, 2.75) is 31.7 Å². The van der Waals surface area contributed by atoms with Crippen LogP contribution in [0.2, 0.25) is 0 Å². The van der Waals surface area contributed by atoms with Crippen LogP contribution < -0.4 is 10.2 Å². The smallest absolute Gasteiger partial charge is 0.272 e. The molecule has 0 radical (unpaired) electrons. The van der Waals surface area contributed by atoms with E-state index in [0.29, 0.717) is 11.3 Å². The molecule has 5 rings (SSSR count). The highest BCUT2D eigenvalue weighted by molar-refractivity contribution is 5.93. The second-order valence-corrected chi connectivity index (χ2v) is 8.47. The molecule has 1 aliphatic heterocycles. The van der Waals surface area contributed by atoms with Crippen molar-refractivity contribution in [2.24, 2.45) is 5.92 Å². The molecule has 1 N–H and O–H groups in total. The van der Waals surface area contributed by atoms with Crippen molar-refractivity contribution in [1.29, 1.82) is 0 Å². The van der Waals surface area contributed by atoms with Crippen molar-refractivity contribution in [3.05, 3.63) is 54.6 Å². The fraction of sp³-hybridized carbons (Fsp3) is 0.435. The van der Waals surface area contributed by atoms with Crippen molar-refractivity contribution in [1.82, 2.24) is 29.8 Å². The van der Waals surface area contributed by atoms with Crippen LogP contribution in [-0.2, 0) is 4.79 Å². The number of piperazine rings is 1. The standard InChI is InChI=1S/C23H27N7O2/c31-22(19-16-21-25-10-3-11-30(21)27-19)26-18-7-5-17(6-8-18)23(32)29-14-12-28(13-15-29)20-4-1-2-9-24-20/h1-4,9-11,16-18H,5-8,12-15H2,(H,26,31). The van der Waals surface area contributed by atoms with E-state index in [4.69, 9.17) is 0 Å². The summed E-state index contributed by atoms with van der Waals surface area (Å²) in [7, 11) is 0. The number of pyridine rings is 1. The number of nitrogens with one attached hydrogen (secondary N) is 1. The first-order valence-electron chi connectivity index (χ1n) is 11.2. The van der Waals surface area contributed by atoms with Crippen LogP contribution in [0.25, 0.3) is 5.65 Å². The lowest BCUT2D eigenvalue weighted by Crippen LogP contribution is -2.51. The molecule has 1 saturated heterocycles. The molecule has 0 bridgehead atoms. The van der Waals surface area contributed by atoms with Crippen molar-refractivity contribution < 1.29 is 9.59 Å². The summed E-state index contributed by atoms with van der Waals surface area (Å²) in [5, 5.41) is 7.36. The van der Waals surface area contributed by atoms with Gasteiger partial charge in [-0.2, -0.15) is 5.10 Å². The van der Waals surface area contributed by atoms with Crippen LogP contribution >= 0.6 is 0 Å². The molecule has 4 heterocycles. The Morgan fingerprint density at radius 3 is 2.44 bits per heavy atom. The van der Waals surface area contributed by atoms with Gasteiger partial charge in [-0.05, 0) is 43.9 Å². The van der Waals surface area contributed by atoms with E-state index in [0.717, 1.165) is 57.7 Å². The molecule has 0 unspecified atom stereocenters. The molecule has 1 saturated carbocycles. The van der Waals surface area contributed by atoms with Crippen LogP contribution in [0.3, 0.4) is 0 Å². The number of hydrogen-bond donors (Lipinski definition) is 1. The van der Waals surface area contributed by atoms with Gasteiger partial charge < -0.3 is 15.1 Å². The van der Waals surface area contributed by atoms with Gasteiger partial charge in [0, 0.05) is 62.8 Å². The van der Waals surface area contributed by atoms with Gasteiger partial charge in [0.2, 0.25) is 5.91 Å². The van der Waals surface area contributed by atoms with Crippen molar-refractivity contribution in [2.75, 3.05) is 31.1 Å². The van der Waals surface area contributed by atoms with Gasteiger partial charge in [-0.1, -0.05) is 6.07 Å². The number of rotatable bonds is 4. The lowest BCUT2D eigenvalue weighted by atomic mass is 9.85. The lowest BCUT2D eigenvalue weighted by Gasteiger charge is -2.38. The van der Waals surface area contributed by atoms with E-state index in [9.17, 15) is 9.59 Å². The number of hydrogen-bond acceptors (Lipinski definition) is 6. The molecular formula is C23H27N7O2. The Morgan fingerprint density at radius 2 is 1.72 bits per heavy atom. The SMILES string of the molecule is O=C(NC1CCC(C(=O)N2CCN(c3ccccn3)CC2)CC1)c1cc2ncccn2n1. The van der Waals surface area contributed by atoms with Gasteiger partial charge in [-0.25, -0.2) is 14.5 Å². The average molecular weight is 434 g/mol. The topological polar surface area (TPSA) is 95.7 Å². The maximum absolute atomic E-state index is 13.0. The summed E-state index contributed by atoms with van der Waals surface area (Å²) in [6.07, 6.45) is 8.47. The first-order valence-corrected chi connectivity index (χ1v) is 11.2. The van der Waals surface area contributed by atoms with E-state index in [1.54, 1.807) is 35.2 Å². The highest BCUT2D eigenvalue weighted by Gasteiger charge is 2.32. The summed E-state index contributed by atoms with van der Waals surface area (Å²) in [5.74, 6) is 1.08. The fourth-order valence-electron chi connectivity index (χ4n) is 4.64. The number of fused-ring (bicyclic) bond motifs is 1. The monoisotopic (exact) mass is 433 g/mol. The molecule has 1 aliphatic carbocycles. The molecule has 2 amide bonds. The van der Waals surface area contributed by atoms with Crippen LogP contribution in [0.4, 0.5) is 5.82 Å². The van der Waals surface area contributed by atoms with Crippen LogP contribution in [-0.4, -0.2) is 68.5 Å². The maximum atomic E-state index is 13.0. The first-order chi connectivity index (χ1) is 15.7. The first kappa shape index (κ1) is 20.4. The maximum Gasteiger partial charge on any atom is 0.272 e. The quantitative estimate of drug-likeness (QED) is 0.674. The summed E-state index contributed by atoms with van der Waals surface area (Å²) >= 11 is 0. The normalized spacial score (nSPS) is 21.5. The Kier molecular flexibility index (Phi) is 5.70. The lowest BCUT2D eigenvalue weighted by molar-refractivity contribution is -0.137. The Bertz CT molecular complexity index is 1050. The Balaban J connectivity index is 1.10. The van der Waals surface area contributed by atoms with Crippen molar-refractivity contribution in [3.63, 3.8) is 0 Å². The van der Waals surface area contributed by atoms with E-state index in [1.807, 2.05) is 23.1 Å². The van der Waals surface area contributed by atoms with Gasteiger partial charge in [0.15, 0.2) is 11.3 Å². The molecule has 2 aliphatic rings. The molecule has 32 heavy (non-hydrogen) atoms. The minimum atomic E-state index is -0.184. The van der Waals surface area contributed by atoms with E-state index >= 15 is 0 Å². The van der Waals surface area contributed by atoms with E-state index in [2.05, 4.69) is 25.3 Å². The van der Waals surface area contributed by atoms with Crippen LogP contribution in [0.5, 0.6) is 0 Å². The van der Waals surface area contributed by atoms with Gasteiger partial charge in [-0.15, -0.1) is 0 Å². The Labute approximate surface area is 186 Å². The van der Waals surface area contributed by atoms with E-state index in [-0.39, 0.29) is 23.8 Å². The zero-order valence-corrected chi connectivity index (χ0v) is 17.9. The summed E-state index contributed by atoms with van der Waals surface area (Å²) in [6, 6.07) is 9.45. The molecule has 0 spiro atoms. The highest BCUT2D eigenvalue weighted by Crippen LogP contribution is 2.27. The number of nitrogens with zero attached hydrogens (tertiary/aromatic N) is 6. The van der Waals surface area contributed by atoms with E-state index in [1.165, 1.54) is 0 Å². The minimum absolute atomic E-state index is 0.0453. The van der Waals surface area contributed by atoms with Crippen LogP contribution in [0, 0.1) is 5.92 Å². The van der Waals surface area contributed by atoms with Crippen LogP contribution in [0.1, 0.15) is 36.2 Å². The number of aromatic nitrogens is 4. The zero-order valence-electron chi connectivity index (χ0n) is 17.9. The second kappa shape index (κ2) is 8.94. The minimum Gasteiger partial charge on any atom is -0.353 e. The predicted molar refractivity (Wildman–Crippen MR) is 119 cm³/mol. The molecule has 0 atom stereocenters. The summed E-state index contributed by atoms with van der Waals surface area (Å²) in [6.45, 7) is 3.08. The Morgan fingerprint density at radius 1 is 0.938 bits per heavy atom. The third-order valence-corrected chi connectivity index (χ3v) is 6.45. The highest BCUT2D eigenvalue weighted by atomic mass is 16.2. The molecule has 9 nitrogen and oxygen atoms in total. The molecular weight excluding hydrogens is 406 g/mol.